The van der Waals surface area contributed by atoms with Crippen LogP contribution in [0.3, 0.4) is 0 Å². The minimum absolute atomic E-state index is 0.140. The average molecular weight is 963 g/mol. The summed E-state index contributed by atoms with van der Waals surface area (Å²) >= 11 is 0. The van der Waals surface area contributed by atoms with Gasteiger partial charge in [-0.25, -0.2) is 29.3 Å². The first kappa shape index (κ1) is 66.5. The van der Waals surface area contributed by atoms with Crippen molar-refractivity contribution in [1.82, 2.24) is 4.90 Å². The quantitative estimate of drug-likeness (QED) is 0.0260. The highest BCUT2D eigenvalue weighted by Gasteiger charge is 2.15. The van der Waals surface area contributed by atoms with Crippen LogP contribution in [0.2, 0.25) is 0 Å². The zero-order chi connectivity index (χ0) is 49.0. The number of rotatable bonds is 59. The van der Waals surface area contributed by atoms with Crippen LogP contribution in [0.5, 0.6) is 0 Å². The van der Waals surface area contributed by atoms with Crippen LogP contribution in [0.25, 0.3) is 0 Å². The van der Waals surface area contributed by atoms with Crippen molar-refractivity contribution in [3.63, 3.8) is 0 Å². The molecule has 0 aromatic heterocycles. The highest BCUT2D eigenvalue weighted by Crippen LogP contribution is 2.14. The molecule has 0 saturated heterocycles. The molecule has 0 aromatic rings. The fourth-order valence-electron chi connectivity index (χ4n) is 8.36. The molecule has 0 atom stereocenters. The first-order valence-electron chi connectivity index (χ1n) is 29.7. The Morgan fingerprint density at radius 1 is 0.279 bits per heavy atom. The first-order valence-corrected chi connectivity index (χ1v) is 29.7. The first-order chi connectivity index (χ1) is 33.8. The summed E-state index contributed by atoms with van der Waals surface area (Å²) in [4.78, 5) is 47.4. The lowest BCUT2D eigenvalue weighted by atomic mass is 10.1. The van der Waals surface area contributed by atoms with E-state index in [9.17, 15) is 4.79 Å². The molecule has 0 aromatic carbocycles. The van der Waals surface area contributed by atoms with Gasteiger partial charge < -0.3 is 4.90 Å². The Hall–Kier alpha value is -1.55. The van der Waals surface area contributed by atoms with Crippen LogP contribution >= 0.6 is 0 Å². The predicted octanol–water partition coefficient (Wildman–Crippen LogP) is 18.8. The molecule has 0 saturated carbocycles. The van der Waals surface area contributed by atoms with E-state index in [-0.39, 0.29) is 25.7 Å². The summed E-state index contributed by atoms with van der Waals surface area (Å²) in [6.45, 7) is 9.64. The minimum atomic E-state index is -0.167. The molecule has 0 N–H and O–H groups in total. The Balaban J connectivity index is 4.16. The van der Waals surface area contributed by atoms with E-state index >= 15 is 0 Å². The third kappa shape index (κ3) is 57.0. The van der Waals surface area contributed by atoms with Gasteiger partial charge in [0, 0.05) is 13.1 Å². The maximum atomic E-state index is 13.1. The van der Waals surface area contributed by atoms with Gasteiger partial charge in [-0.1, -0.05) is 231 Å². The second-order valence-electron chi connectivity index (χ2n) is 19.6. The Morgan fingerprint density at radius 3 is 0.779 bits per heavy atom. The van der Waals surface area contributed by atoms with Gasteiger partial charge >= 0.3 is 0 Å². The fourth-order valence-corrected chi connectivity index (χ4v) is 8.36. The SMILES string of the molecule is CCCCCCCCC=CCCCCCCCCOOCCN(CCOOCCCCCCCCC=CCCCCCCCC)C(=O)COOCCCCCCCCC=CCCCCCCCC. The second kappa shape index (κ2) is 61.6. The zero-order valence-corrected chi connectivity index (χ0v) is 45.6. The van der Waals surface area contributed by atoms with Gasteiger partial charge in [0.2, 0.25) is 0 Å². The molecular weight excluding hydrogens is 847 g/mol. The highest BCUT2D eigenvalue weighted by atomic mass is 17.2. The van der Waals surface area contributed by atoms with E-state index < -0.39 is 0 Å². The van der Waals surface area contributed by atoms with Crippen molar-refractivity contribution >= 4 is 5.91 Å². The average Bonchev–Trinajstić information content (AvgIpc) is 3.35. The van der Waals surface area contributed by atoms with Crippen LogP contribution in [0, 0.1) is 0 Å². The summed E-state index contributed by atoms with van der Waals surface area (Å²) < 4.78 is 0. The Bertz CT molecular complexity index is 985. The lowest BCUT2D eigenvalue weighted by molar-refractivity contribution is -0.303. The van der Waals surface area contributed by atoms with Crippen molar-refractivity contribution in [2.45, 2.75) is 290 Å². The highest BCUT2D eigenvalue weighted by molar-refractivity contribution is 5.77. The number of amides is 1. The second-order valence-corrected chi connectivity index (χ2v) is 19.6. The molecule has 0 aliphatic rings. The van der Waals surface area contributed by atoms with Gasteiger partial charge in [-0.05, 0) is 96.3 Å². The lowest BCUT2D eigenvalue weighted by Crippen LogP contribution is -2.39. The lowest BCUT2D eigenvalue weighted by Gasteiger charge is -2.21. The van der Waals surface area contributed by atoms with Crippen LogP contribution < -0.4 is 0 Å². The van der Waals surface area contributed by atoms with Crippen molar-refractivity contribution in [2.75, 3.05) is 52.7 Å². The Labute approximate surface area is 423 Å². The van der Waals surface area contributed by atoms with E-state index in [0.29, 0.717) is 32.9 Å². The predicted molar refractivity (Wildman–Crippen MR) is 291 cm³/mol. The molecule has 8 heteroatoms. The smallest absolute Gasteiger partial charge is 0.252 e. The van der Waals surface area contributed by atoms with E-state index in [0.717, 1.165) is 38.5 Å². The monoisotopic (exact) mass is 962 g/mol. The molecule has 0 rings (SSSR count). The number of nitrogens with zero attached hydrogens (tertiary/aromatic N) is 1. The number of unbranched alkanes of at least 4 members (excludes halogenated alkanes) is 36. The van der Waals surface area contributed by atoms with Gasteiger partial charge in [-0.2, -0.15) is 0 Å². The Kier molecular flexibility index (Phi) is 60.2. The van der Waals surface area contributed by atoms with Crippen molar-refractivity contribution < 1.29 is 34.1 Å². The summed E-state index contributed by atoms with van der Waals surface area (Å²) in [5.41, 5.74) is 0. The van der Waals surface area contributed by atoms with Crippen molar-refractivity contribution in [3.05, 3.63) is 36.5 Å². The van der Waals surface area contributed by atoms with Gasteiger partial charge in [0.15, 0.2) is 6.61 Å². The van der Waals surface area contributed by atoms with Gasteiger partial charge in [-0.15, -0.1) is 0 Å². The molecular formula is C60H115NO7. The molecule has 68 heavy (non-hydrogen) atoms. The van der Waals surface area contributed by atoms with Crippen molar-refractivity contribution in [1.29, 1.82) is 0 Å². The van der Waals surface area contributed by atoms with Crippen LogP contribution in [0.15, 0.2) is 36.5 Å². The molecule has 1 amide bonds. The third-order valence-electron chi connectivity index (χ3n) is 12.9. The molecule has 0 fully saturated rings. The topological polar surface area (TPSA) is 75.7 Å². The van der Waals surface area contributed by atoms with Crippen LogP contribution in [-0.2, 0) is 34.1 Å². The summed E-state index contributed by atoms with van der Waals surface area (Å²) in [5.74, 6) is -0.167. The van der Waals surface area contributed by atoms with Crippen LogP contribution in [0.4, 0.5) is 0 Å². The third-order valence-corrected chi connectivity index (χ3v) is 12.9. The summed E-state index contributed by atoms with van der Waals surface area (Å²) in [5, 5.41) is 0. The summed E-state index contributed by atoms with van der Waals surface area (Å²) in [7, 11) is 0. The van der Waals surface area contributed by atoms with Crippen LogP contribution in [0.1, 0.15) is 290 Å². The molecule has 0 aliphatic heterocycles. The number of carbonyl (C=O) groups excluding carboxylic acids is 1. The van der Waals surface area contributed by atoms with Gasteiger partial charge in [0.25, 0.3) is 5.91 Å². The maximum Gasteiger partial charge on any atom is 0.252 e. The molecule has 0 aliphatic carbocycles. The zero-order valence-electron chi connectivity index (χ0n) is 45.6. The molecule has 0 spiro atoms. The number of hydrogen-bond donors (Lipinski definition) is 0. The van der Waals surface area contributed by atoms with E-state index in [4.69, 9.17) is 29.3 Å². The molecule has 8 nitrogen and oxygen atoms in total. The van der Waals surface area contributed by atoms with E-state index in [1.54, 1.807) is 4.90 Å². The van der Waals surface area contributed by atoms with Gasteiger partial charge in [0.05, 0.1) is 33.0 Å². The molecule has 0 heterocycles. The largest absolute Gasteiger partial charge is 0.336 e. The fraction of sp³-hybridized carbons (Fsp3) is 0.883. The summed E-state index contributed by atoms with van der Waals surface area (Å²) in [6, 6.07) is 0. The summed E-state index contributed by atoms with van der Waals surface area (Å²) in [6.07, 6.45) is 67.8. The van der Waals surface area contributed by atoms with Crippen molar-refractivity contribution in [2.24, 2.45) is 0 Å². The van der Waals surface area contributed by atoms with Gasteiger partial charge in [-0.3, -0.25) is 4.79 Å². The number of hydrogen-bond acceptors (Lipinski definition) is 7. The Morgan fingerprint density at radius 2 is 0.500 bits per heavy atom. The van der Waals surface area contributed by atoms with Gasteiger partial charge in [0.1, 0.15) is 0 Å². The molecule has 0 unspecified atom stereocenters. The van der Waals surface area contributed by atoms with Crippen LogP contribution in [-0.4, -0.2) is 63.5 Å². The van der Waals surface area contributed by atoms with E-state index in [2.05, 4.69) is 57.2 Å². The maximum absolute atomic E-state index is 13.1. The normalized spacial score (nSPS) is 12.0. The number of carbonyl (C=O) groups is 1. The molecule has 0 bridgehead atoms. The van der Waals surface area contributed by atoms with E-state index in [1.807, 2.05) is 0 Å². The minimum Gasteiger partial charge on any atom is -0.336 e. The molecule has 402 valence electrons. The van der Waals surface area contributed by atoms with E-state index in [1.165, 1.54) is 231 Å². The van der Waals surface area contributed by atoms with Crippen molar-refractivity contribution in [3.8, 4) is 0 Å². The standard InChI is InChI=1S/C60H115NO7/c1-4-7-10-13-16-19-22-25-28-31-34-37-40-43-46-49-54-63-66-57-52-61(53-58-67-64-55-50-47-44-41-38-35-32-29-26-23-20-17-14-11-8-5-2)60(62)59-68-65-56-51-48-45-42-39-36-33-30-27-24-21-18-15-12-9-6-3/h25-30H,4-24,31-59H2,1-3H3. The molecule has 0 radical (unpaired) electrons. The number of allylic oxidation sites excluding steroid dienone is 6.